The fraction of sp³-hybridized carbons (Fsp3) is 0. The van der Waals surface area contributed by atoms with Crippen LogP contribution in [0.3, 0.4) is 0 Å². The molecule has 4 aromatic rings. The van der Waals surface area contributed by atoms with E-state index >= 15 is 0 Å². The summed E-state index contributed by atoms with van der Waals surface area (Å²) in [5.74, 6) is -0.705. The molecule has 0 saturated carbocycles. The third kappa shape index (κ3) is 3.78. The molecular weight excluding hydrogens is 401 g/mol. The lowest BCUT2D eigenvalue weighted by molar-refractivity contribution is -0.384. The van der Waals surface area contributed by atoms with E-state index in [-0.39, 0.29) is 22.2 Å². The Morgan fingerprint density at radius 1 is 1.14 bits per heavy atom. The van der Waals surface area contributed by atoms with Gasteiger partial charge in [0.1, 0.15) is 16.4 Å². The zero-order valence-electron chi connectivity index (χ0n) is 14.6. The van der Waals surface area contributed by atoms with Crippen molar-refractivity contribution in [3.05, 3.63) is 87.2 Å². The zero-order chi connectivity index (χ0) is 20.5. The molecular formula is C20H11ClFN3O4. The Balaban J connectivity index is 1.61. The minimum atomic E-state index is -0.658. The molecule has 1 amide bonds. The molecule has 1 heterocycles. The molecule has 3 aromatic carbocycles. The van der Waals surface area contributed by atoms with Gasteiger partial charge in [-0.05, 0) is 48.5 Å². The Labute approximate surface area is 167 Å². The van der Waals surface area contributed by atoms with Crippen molar-refractivity contribution in [3.8, 4) is 11.5 Å². The van der Waals surface area contributed by atoms with Crippen LogP contribution in [0.15, 0.2) is 65.1 Å². The summed E-state index contributed by atoms with van der Waals surface area (Å²) in [6.45, 7) is 0. The van der Waals surface area contributed by atoms with Gasteiger partial charge >= 0.3 is 0 Å². The molecule has 0 aliphatic rings. The molecule has 0 atom stereocenters. The smallest absolute Gasteiger partial charge is 0.288 e. The van der Waals surface area contributed by atoms with Gasteiger partial charge in [-0.1, -0.05) is 17.7 Å². The van der Waals surface area contributed by atoms with Gasteiger partial charge in [-0.25, -0.2) is 9.37 Å². The number of benzene rings is 3. The number of amides is 1. The van der Waals surface area contributed by atoms with Crippen LogP contribution < -0.4 is 5.32 Å². The van der Waals surface area contributed by atoms with Crippen molar-refractivity contribution in [3.63, 3.8) is 0 Å². The van der Waals surface area contributed by atoms with Crippen molar-refractivity contribution in [1.82, 2.24) is 4.98 Å². The van der Waals surface area contributed by atoms with Gasteiger partial charge in [-0.3, -0.25) is 14.9 Å². The number of nitro benzene ring substituents is 1. The van der Waals surface area contributed by atoms with E-state index in [2.05, 4.69) is 10.3 Å². The first-order valence-corrected chi connectivity index (χ1v) is 8.70. The number of halogens is 2. The third-order valence-electron chi connectivity index (χ3n) is 4.12. The second kappa shape index (κ2) is 7.33. The predicted octanol–water partition coefficient (Wildman–Crippen LogP) is 5.45. The third-order valence-corrected chi connectivity index (χ3v) is 4.44. The van der Waals surface area contributed by atoms with Gasteiger partial charge in [0.2, 0.25) is 5.89 Å². The number of hydrogen-bond donors (Lipinski definition) is 1. The summed E-state index contributed by atoms with van der Waals surface area (Å²) in [6, 6.07) is 14.4. The number of anilines is 1. The highest BCUT2D eigenvalue weighted by Gasteiger charge is 2.17. The van der Waals surface area contributed by atoms with Crippen LogP contribution in [0, 0.1) is 15.9 Å². The molecule has 29 heavy (non-hydrogen) atoms. The number of fused-ring (bicyclic) bond motifs is 1. The average molecular weight is 412 g/mol. The van der Waals surface area contributed by atoms with Crippen LogP contribution in [0.5, 0.6) is 0 Å². The summed E-state index contributed by atoms with van der Waals surface area (Å²) >= 11 is 5.77. The largest absolute Gasteiger partial charge is 0.436 e. The number of nitro groups is 1. The summed E-state index contributed by atoms with van der Waals surface area (Å²) in [5, 5.41) is 13.6. The highest BCUT2D eigenvalue weighted by Crippen LogP contribution is 2.28. The van der Waals surface area contributed by atoms with Crippen LogP contribution in [0.1, 0.15) is 10.4 Å². The summed E-state index contributed by atoms with van der Waals surface area (Å²) in [4.78, 5) is 27.1. The summed E-state index contributed by atoms with van der Waals surface area (Å²) in [7, 11) is 0. The first-order chi connectivity index (χ1) is 13.9. The lowest BCUT2D eigenvalue weighted by Crippen LogP contribution is -2.12. The molecule has 0 fully saturated rings. The van der Waals surface area contributed by atoms with Crippen LogP contribution in [-0.2, 0) is 0 Å². The summed E-state index contributed by atoms with van der Waals surface area (Å²) in [5.41, 5.74) is 1.56. The highest BCUT2D eigenvalue weighted by molar-refractivity contribution is 6.32. The fourth-order valence-corrected chi connectivity index (χ4v) is 2.93. The van der Waals surface area contributed by atoms with Crippen molar-refractivity contribution in [1.29, 1.82) is 0 Å². The van der Waals surface area contributed by atoms with E-state index in [9.17, 15) is 19.3 Å². The number of carbonyl (C=O) groups is 1. The number of hydrogen-bond acceptors (Lipinski definition) is 5. The van der Waals surface area contributed by atoms with Crippen molar-refractivity contribution in [2.24, 2.45) is 0 Å². The van der Waals surface area contributed by atoms with Gasteiger partial charge in [-0.15, -0.1) is 0 Å². The maximum absolute atomic E-state index is 13.4. The molecule has 1 aromatic heterocycles. The van der Waals surface area contributed by atoms with Gasteiger partial charge in [0.05, 0.1) is 4.92 Å². The normalized spacial score (nSPS) is 10.8. The molecule has 4 rings (SSSR count). The Bertz CT molecular complexity index is 1270. The number of aromatic nitrogens is 1. The standard InChI is InChI=1S/C20H11ClFN3O4/c21-15-6-4-11(9-17(15)25(27)28)19(26)23-14-5-7-18-16(10-14)24-20(29-18)12-2-1-3-13(22)8-12/h1-10H,(H,23,26). The molecule has 0 bridgehead atoms. The van der Waals surface area contributed by atoms with Gasteiger partial charge in [0.25, 0.3) is 11.6 Å². The molecule has 0 radical (unpaired) electrons. The minimum Gasteiger partial charge on any atom is -0.436 e. The van der Waals surface area contributed by atoms with Crippen molar-refractivity contribution in [2.75, 3.05) is 5.32 Å². The molecule has 7 nitrogen and oxygen atoms in total. The molecule has 0 saturated heterocycles. The number of nitrogens with one attached hydrogen (secondary N) is 1. The van der Waals surface area contributed by atoms with Crippen LogP contribution in [0.25, 0.3) is 22.6 Å². The van der Waals surface area contributed by atoms with E-state index in [0.29, 0.717) is 22.4 Å². The monoisotopic (exact) mass is 411 g/mol. The Morgan fingerprint density at radius 3 is 2.72 bits per heavy atom. The second-order valence-electron chi connectivity index (χ2n) is 6.09. The number of nitrogens with zero attached hydrogens (tertiary/aromatic N) is 2. The second-order valence-corrected chi connectivity index (χ2v) is 6.50. The Kier molecular flexibility index (Phi) is 4.69. The first-order valence-electron chi connectivity index (χ1n) is 8.32. The topological polar surface area (TPSA) is 98.3 Å². The van der Waals surface area contributed by atoms with Gasteiger partial charge in [0, 0.05) is 22.9 Å². The number of rotatable bonds is 4. The fourth-order valence-electron chi connectivity index (χ4n) is 2.75. The molecule has 9 heteroatoms. The zero-order valence-corrected chi connectivity index (χ0v) is 15.3. The quantitative estimate of drug-likeness (QED) is 0.355. The van der Waals surface area contributed by atoms with E-state index in [1.807, 2.05) is 0 Å². The molecule has 0 unspecified atom stereocenters. The minimum absolute atomic E-state index is 0.0551. The van der Waals surface area contributed by atoms with Crippen LogP contribution in [-0.4, -0.2) is 15.8 Å². The van der Waals surface area contributed by atoms with E-state index < -0.39 is 16.6 Å². The van der Waals surface area contributed by atoms with E-state index in [1.165, 1.54) is 24.3 Å². The predicted molar refractivity (Wildman–Crippen MR) is 105 cm³/mol. The average Bonchev–Trinajstić information content (AvgIpc) is 3.11. The number of oxazole rings is 1. The number of carbonyl (C=O) groups excluding carboxylic acids is 1. The summed E-state index contributed by atoms with van der Waals surface area (Å²) in [6.07, 6.45) is 0. The summed E-state index contributed by atoms with van der Waals surface area (Å²) < 4.78 is 19.0. The van der Waals surface area contributed by atoms with Crippen molar-refractivity contribution >= 4 is 40.0 Å². The molecule has 144 valence electrons. The molecule has 1 N–H and O–H groups in total. The lowest BCUT2D eigenvalue weighted by atomic mass is 10.2. The SMILES string of the molecule is O=C(Nc1ccc2oc(-c3cccc(F)c3)nc2c1)c1ccc(Cl)c([N+](=O)[O-])c1. The van der Waals surface area contributed by atoms with Crippen LogP contribution >= 0.6 is 11.6 Å². The Hall–Kier alpha value is -3.78. The van der Waals surface area contributed by atoms with Crippen LogP contribution in [0.4, 0.5) is 15.8 Å². The van der Waals surface area contributed by atoms with E-state index in [0.717, 1.165) is 6.07 Å². The molecule has 0 spiro atoms. The lowest BCUT2D eigenvalue weighted by Gasteiger charge is -2.05. The van der Waals surface area contributed by atoms with Crippen molar-refractivity contribution < 1.29 is 18.5 Å². The van der Waals surface area contributed by atoms with E-state index in [4.69, 9.17) is 16.0 Å². The molecule has 0 aliphatic heterocycles. The maximum Gasteiger partial charge on any atom is 0.288 e. The maximum atomic E-state index is 13.4. The van der Waals surface area contributed by atoms with Crippen molar-refractivity contribution in [2.45, 2.75) is 0 Å². The van der Waals surface area contributed by atoms with Crippen LogP contribution in [0.2, 0.25) is 5.02 Å². The van der Waals surface area contributed by atoms with Gasteiger partial charge in [0.15, 0.2) is 5.58 Å². The Morgan fingerprint density at radius 2 is 1.97 bits per heavy atom. The first kappa shape index (κ1) is 18.6. The highest BCUT2D eigenvalue weighted by atomic mass is 35.5. The van der Waals surface area contributed by atoms with E-state index in [1.54, 1.807) is 30.3 Å². The molecule has 0 aliphatic carbocycles. The van der Waals surface area contributed by atoms with Gasteiger partial charge < -0.3 is 9.73 Å². The van der Waals surface area contributed by atoms with Gasteiger partial charge in [-0.2, -0.15) is 0 Å².